The summed E-state index contributed by atoms with van der Waals surface area (Å²) in [6, 6.07) is 10.4. The third-order valence-corrected chi connectivity index (χ3v) is 4.05. The van der Waals surface area contributed by atoms with Crippen LogP contribution in [0, 0.1) is 0 Å². The highest BCUT2D eigenvalue weighted by atomic mass is 16.5. The molecule has 0 fully saturated rings. The van der Waals surface area contributed by atoms with Crippen molar-refractivity contribution in [3.05, 3.63) is 71.9 Å². The van der Waals surface area contributed by atoms with Crippen molar-refractivity contribution >= 4 is 5.91 Å². The summed E-state index contributed by atoms with van der Waals surface area (Å²) in [4.78, 5) is 21.3. The Hall–Kier alpha value is -3.35. The van der Waals surface area contributed by atoms with Crippen LogP contribution in [-0.2, 0) is 7.05 Å². The summed E-state index contributed by atoms with van der Waals surface area (Å²) in [6.07, 6.45) is 5.11. The van der Waals surface area contributed by atoms with Crippen LogP contribution in [0.5, 0.6) is 11.6 Å². The molecule has 3 aromatic rings. The van der Waals surface area contributed by atoms with E-state index < -0.39 is 6.04 Å². The molecule has 26 heavy (non-hydrogen) atoms. The Labute approximate surface area is 151 Å². The largest absolute Gasteiger partial charge is 0.497 e. The summed E-state index contributed by atoms with van der Waals surface area (Å²) < 4.78 is 12.3. The first-order chi connectivity index (χ1) is 12.6. The summed E-state index contributed by atoms with van der Waals surface area (Å²) >= 11 is 0. The maximum absolute atomic E-state index is 12.8. The fraction of sp³-hybridized carbons (Fsp3) is 0.211. The number of nitrogens with one attached hydrogen (secondary N) is 1. The Morgan fingerprint density at radius 3 is 2.46 bits per heavy atom. The highest BCUT2D eigenvalue weighted by molar-refractivity contribution is 5.96. The van der Waals surface area contributed by atoms with Crippen molar-refractivity contribution < 1.29 is 14.3 Å². The number of nitrogens with zero attached hydrogens (tertiary/aromatic N) is 3. The molecule has 7 heteroatoms. The van der Waals surface area contributed by atoms with Crippen molar-refractivity contribution in [3.8, 4) is 11.6 Å². The van der Waals surface area contributed by atoms with Crippen LogP contribution in [0.1, 0.15) is 27.8 Å². The van der Waals surface area contributed by atoms with Crippen molar-refractivity contribution in [1.29, 1.82) is 0 Å². The van der Waals surface area contributed by atoms with Gasteiger partial charge in [-0.05, 0) is 29.8 Å². The van der Waals surface area contributed by atoms with E-state index in [1.807, 2.05) is 42.1 Å². The summed E-state index contributed by atoms with van der Waals surface area (Å²) in [7, 11) is 4.98. The number of rotatable bonds is 6. The molecule has 2 heterocycles. The van der Waals surface area contributed by atoms with Gasteiger partial charge in [0.2, 0.25) is 5.88 Å². The zero-order chi connectivity index (χ0) is 18.5. The van der Waals surface area contributed by atoms with E-state index in [0.717, 1.165) is 11.3 Å². The minimum Gasteiger partial charge on any atom is -0.497 e. The number of methoxy groups -OCH3 is 2. The molecule has 2 aromatic heterocycles. The van der Waals surface area contributed by atoms with Crippen LogP contribution in [0.15, 0.2) is 55.0 Å². The van der Waals surface area contributed by atoms with E-state index in [4.69, 9.17) is 9.47 Å². The average Bonchev–Trinajstić information content (AvgIpc) is 3.11. The summed E-state index contributed by atoms with van der Waals surface area (Å²) in [5.74, 6) is 1.44. The Bertz CT molecular complexity index is 890. The molecule has 0 radical (unpaired) electrons. The predicted octanol–water partition coefficient (Wildman–Crippen LogP) is 2.35. The lowest BCUT2D eigenvalue weighted by Gasteiger charge is -2.20. The van der Waals surface area contributed by atoms with Gasteiger partial charge in [0.25, 0.3) is 5.91 Å². The van der Waals surface area contributed by atoms with E-state index in [-0.39, 0.29) is 11.8 Å². The van der Waals surface area contributed by atoms with Crippen LogP contribution in [0.2, 0.25) is 0 Å². The quantitative estimate of drug-likeness (QED) is 0.737. The molecule has 7 nitrogen and oxygen atoms in total. The van der Waals surface area contributed by atoms with Gasteiger partial charge in [-0.2, -0.15) is 0 Å². The highest BCUT2D eigenvalue weighted by Gasteiger charge is 2.23. The minimum absolute atomic E-state index is 0.276. The molecule has 0 aliphatic heterocycles. The van der Waals surface area contributed by atoms with E-state index in [1.165, 1.54) is 7.11 Å². The molecule has 1 aromatic carbocycles. The second-order valence-corrected chi connectivity index (χ2v) is 5.64. The Morgan fingerprint density at radius 2 is 1.85 bits per heavy atom. The van der Waals surface area contributed by atoms with Crippen molar-refractivity contribution in [1.82, 2.24) is 19.9 Å². The van der Waals surface area contributed by atoms with Gasteiger partial charge in [0.15, 0.2) is 0 Å². The van der Waals surface area contributed by atoms with Gasteiger partial charge in [0.05, 0.1) is 14.2 Å². The number of pyridine rings is 1. The van der Waals surface area contributed by atoms with Crippen LogP contribution in [-0.4, -0.2) is 34.7 Å². The Balaban J connectivity index is 1.96. The second kappa shape index (κ2) is 7.69. The number of benzene rings is 1. The number of hydrogen-bond acceptors (Lipinski definition) is 5. The smallest absolute Gasteiger partial charge is 0.257 e. The predicted molar refractivity (Wildman–Crippen MR) is 96.3 cm³/mol. The van der Waals surface area contributed by atoms with Gasteiger partial charge >= 0.3 is 0 Å². The van der Waals surface area contributed by atoms with E-state index in [2.05, 4.69) is 15.3 Å². The molecule has 0 saturated heterocycles. The van der Waals surface area contributed by atoms with Crippen LogP contribution >= 0.6 is 0 Å². The van der Waals surface area contributed by atoms with Crippen LogP contribution < -0.4 is 14.8 Å². The molecule has 3 rings (SSSR count). The fourth-order valence-electron chi connectivity index (χ4n) is 2.68. The first-order valence-electron chi connectivity index (χ1n) is 8.05. The SMILES string of the molecule is COc1ccc(C(NC(=O)c2cccnc2OC)c2nccn2C)cc1. The lowest BCUT2D eigenvalue weighted by Crippen LogP contribution is -2.31. The van der Waals surface area contributed by atoms with Crippen LogP contribution in [0.3, 0.4) is 0 Å². The molecule has 0 bridgehead atoms. The number of hydrogen-bond donors (Lipinski definition) is 1. The summed E-state index contributed by atoms with van der Waals surface area (Å²) in [6.45, 7) is 0. The fourth-order valence-corrected chi connectivity index (χ4v) is 2.68. The van der Waals surface area contributed by atoms with Crippen molar-refractivity contribution in [2.24, 2.45) is 7.05 Å². The number of aryl methyl sites for hydroxylation is 1. The zero-order valence-electron chi connectivity index (χ0n) is 14.8. The van der Waals surface area contributed by atoms with Crippen LogP contribution in [0.25, 0.3) is 0 Å². The molecule has 0 aliphatic carbocycles. The lowest BCUT2D eigenvalue weighted by atomic mass is 10.1. The van der Waals surface area contributed by atoms with Gasteiger partial charge in [-0.3, -0.25) is 4.79 Å². The average molecular weight is 352 g/mol. The van der Waals surface area contributed by atoms with Gasteiger partial charge in [-0.1, -0.05) is 12.1 Å². The molecule has 0 aliphatic rings. The number of carbonyl (C=O) groups is 1. The molecule has 1 amide bonds. The van der Waals surface area contributed by atoms with E-state index in [0.29, 0.717) is 11.4 Å². The van der Waals surface area contributed by atoms with Crippen molar-refractivity contribution in [3.63, 3.8) is 0 Å². The standard InChI is InChI=1S/C19H20N4O3/c1-23-12-11-20-17(23)16(13-6-8-14(25-2)9-7-13)22-18(24)15-5-4-10-21-19(15)26-3/h4-12,16H,1-3H3,(H,22,24). The number of ether oxygens (including phenoxy) is 2. The molecule has 1 N–H and O–H groups in total. The first-order valence-corrected chi connectivity index (χ1v) is 8.05. The van der Waals surface area contributed by atoms with E-state index in [9.17, 15) is 4.79 Å². The molecular weight excluding hydrogens is 332 g/mol. The number of aromatic nitrogens is 3. The third kappa shape index (κ3) is 3.51. The highest BCUT2D eigenvalue weighted by Crippen LogP contribution is 2.24. The minimum atomic E-state index is -0.432. The van der Waals surface area contributed by atoms with Crippen molar-refractivity contribution in [2.45, 2.75) is 6.04 Å². The van der Waals surface area contributed by atoms with Gasteiger partial charge in [0, 0.05) is 25.6 Å². The first kappa shape index (κ1) is 17.5. The second-order valence-electron chi connectivity index (χ2n) is 5.64. The van der Waals surface area contributed by atoms with Crippen molar-refractivity contribution in [2.75, 3.05) is 14.2 Å². The normalized spacial score (nSPS) is 11.7. The lowest BCUT2D eigenvalue weighted by molar-refractivity contribution is 0.0937. The van der Waals surface area contributed by atoms with Gasteiger partial charge in [-0.25, -0.2) is 9.97 Å². The Kier molecular flexibility index (Phi) is 5.17. The number of amides is 1. The summed E-state index contributed by atoms with van der Waals surface area (Å²) in [5, 5.41) is 3.02. The monoisotopic (exact) mass is 352 g/mol. The topological polar surface area (TPSA) is 78.3 Å². The molecule has 1 atom stereocenters. The Morgan fingerprint density at radius 1 is 1.08 bits per heavy atom. The molecule has 0 spiro atoms. The molecule has 134 valence electrons. The molecule has 1 unspecified atom stereocenters. The maximum Gasteiger partial charge on any atom is 0.257 e. The van der Waals surface area contributed by atoms with Gasteiger partial charge in [0.1, 0.15) is 23.2 Å². The van der Waals surface area contributed by atoms with E-state index in [1.54, 1.807) is 31.6 Å². The van der Waals surface area contributed by atoms with Gasteiger partial charge in [-0.15, -0.1) is 0 Å². The zero-order valence-corrected chi connectivity index (χ0v) is 14.8. The van der Waals surface area contributed by atoms with E-state index >= 15 is 0 Å². The third-order valence-electron chi connectivity index (χ3n) is 4.05. The van der Waals surface area contributed by atoms with Crippen LogP contribution in [0.4, 0.5) is 0 Å². The maximum atomic E-state index is 12.8. The van der Waals surface area contributed by atoms with Gasteiger partial charge < -0.3 is 19.4 Å². The molecule has 0 saturated carbocycles. The summed E-state index contributed by atoms with van der Waals surface area (Å²) in [5.41, 5.74) is 1.25. The number of carbonyl (C=O) groups excluding carboxylic acids is 1. The number of imidazole rings is 1. The molecular formula is C19H20N4O3.